The van der Waals surface area contributed by atoms with Crippen molar-refractivity contribution >= 4 is 40.6 Å². The summed E-state index contributed by atoms with van der Waals surface area (Å²) in [5.41, 5.74) is 0.771. The molecule has 1 atom stereocenters. The fraction of sp³-hybridized carbons (Fsp3) is 0.211. The number of anilines is 2. The summed E-state index contributed by atoms with van der Waals surface area (Å²) in [5, 5.41) is 8.46. The maximum Gasteiger partial charge on any atom is 0.354 e. The van der Waals surface area contributed by atoms with E-state index >= 15 is 0 Å². The zero-order valence-electron chi connectivity index (χ0n) is 14.5. The first-order valence-corrected chi connectivity index (χ1v) is 8.72. The average Bonchev–Trinajstić information content (AvgIpc) is 3.11. The van der Waals surface area contributed by atoms with E-state index in [-0.39, 0.29) is 29.4 Å². The van der Waals surface area contributed by atoms with Gasteiger partial charge in [0.2, 0.25) is 5.91 Å². The van der Waals surface area contributed by atoms with Gasteiger partial charge in [0.15, 0.2) is 0 Å². The van der Waals surface area contributed by atoms with Crippen molar-refractivity contribution in [1.29, 1.82) is 0 Å². The summed E-state index contributed by atoms with van der Waals surface area (Å²) in [6.07, 6.45) is 0.0504. The zero-order valence-corrected chi connectivity index (χ0v) is 15.2. The number of rotatable bonds is 5. The molecule has 0 radical (unpaired) electrons. The van der Waals surface area contributed by atoms with Gasteiger partial charge < -0.3 is 10.1 Å². The van der Waals surface area contributed by atoms with Gasteiger partial charge in [0.05, 0.1) is 18.0 Å². The molecule has 1 unspecified atom stereocenters. The second-order valence-corrected chi connectivity index (χ2v) is 6.22. The van der Waals surface area contributed by atoms with Gasteiger partial charge in [-0.15, -0.1) is 0 Å². The number of esters is 1. The molecular formula is C19H17ClFN3O3. The minimum atomic E-state index is -0.818. The van der Waals surface area contributed by atoms with E-state index in [1.54, 1.807) is 31.2 Å². The fourth-order valence-corrected chi connectivity index (χ4v) is 2.84. The average molecular weight is 390 g/mol. The molecule has 1 aliphatic rings. The Kier molecular flexibility index (Phi) is 5.71. The van der Waals surface area contributed by atoms with Crippen molar-refractivity contribution < 1.29 is 18.7 Å². The Morgan fingerprint density at radius 2 is 2.04 bits per heavy atom. The van der Waals surface area contributed by atoms with E-state index in [4.69, 9.17) is 16.3 Å². The summed E-state index contributed by atoms with van der Waals surface area (Å²) in [4.78, 5) is 24.8. The summed E-state index contributed by atoms with van der Waals surface area (Å²) in [6, 6.07) is 12.1. The molecule has 1 heterocycles. The van der Waals surface area contributed by atoms with Crippen LogP contribution in [0.2, 0.25) is 5.02 Å². The first-order valence-electron chi connectivity index (χ1n) is 8.34. The molecule has 0 spiro atoms. The molecule has 0 aromatic heterocycles. The number of hydrogen-bond donors (Lipinski definition) is 1. The van der Waals surface area contributed by atoms with Crippen LogP contribution in [0.3, 0.4) is 0 Å². The number of hydrazone groups is 1. The predicted octanol–water partition coefficient (Wildman–Crippen LogP) is 3.62. The van der Waals surface area contributed by atoms with Gasteiger partial charge in [0.1, 0.15) is 17.6 Å². The molecule has 0 bridgehead atoms. The Morgan fingerprint density at radius 1 is 1.30 bits per heavy atom. The molecule has 8 heteroatoms. The Labute approximate surface area is 160 Å². The highest BCUT2D eigenvalue weighted by Gasteiger charge is 2.37. The number of para-hydroxylation sites is 1. The van der Waals surface area contributed by atoms with Crippen LogP contribution in [0.5, 0.6) is 0 Å². The highest BCUT2D eigenvalue weighted by Crippen LogP contribution is 2.27. The molecule has 0 saturated carbocycles. The van der Waals surface area contributed by atoms with Gasteiger partial charge in [-0.2, -0.15) is 5.10 Å². The molecule has 0 aliphatic carbocycles. The SMILES string of the molecule is CCOC(=O)C1=NN(c2ccccc2)C(C(=O)Nc2ccc(Cl)cc2F)C1. The van der Waals surface area contributed by atoms with Crippen LogP contribution < -0.4 is 10.3 Å². The fourth-order valence-electron chi connectivity index (χ4n) is 2.68. The van der Waals surface area contributed by atoms with E-state index < -0.39 is 23.7 Å². The van der Waals surface area contributed by atoms with Gasteiger partial charge >= 0.3 is 5.97 Å². The molecule has 0 fully saturated rings. The molecule has 1 N–H and O–H groups in total. The van der Waals surface area contributed by atoms with Gasteiger partial charge in [-0.05, 0) is 37.3 Å². The van der Waals surface area contributed by atoms with Crippen molar-refractivity contribution in [2.24, 2.45) is 5.10 Å². The molecule has 2 aromatic rings. The smallest absolute Gasteiger partial charge is 0.354 e. The second kappa shape index (κ2) is 8.18. The van der Waals surface area contributed by atoms with Crippen molar-refractivity contribution in [2.75, 3.05) is 16.9 Å². The minimum absolute atomic E-state index is 0.00185. The topological polar surface area (TPSA) is 71.0 Å². The van der Waals surface area contributed by atoms with Crippen LogP contribution in [0.15, 0.2) is 53.6 Å². The highest BCUT2D eigenvalue weighted by atomic mass is 35.5. The number of nitrogens with one attached hydrogen (secondary N) is 1. The normalized spacial score (nSPS) is 16.0. The summed E-state index contributed by atoms with van der Waals surface area (Å²) < 4.78 is 19.0. The zero-order chi connectivity index (χ0) is 19.4. The summed E-state index contributed by atoms with van der Waals surface area (Å²) in [7, 11) is 0. The van der Waals surface area contributed by atoms with E-state index in [2.05, 4.69) is 10.4 Å². The minimum Gasteiger partial charge on any atom is -0.461 e. The molecule has 1 amide bonds. The van der Waals surface area contributed by atoms with E-state index in [1.165, 1.54) is 17.1 Å². The Hall–Kier alpha value is -2.93. The lowest BCUT2D eigenvalue weighted by molar-refractivity contribution is -0.135. The Morgan fingerprint density at radius 3 is 2.70 bits per heavy atom. The number of carbonyl (C=O) groups excluding carboxylic acids is 2. The van der Waals surface area contributed by atoms with E-state index in [0.29, 0.717) is 5.69 Å². The molecule has 2 aromatic carbocycles. The Balaban J connectivity index is 1.85. The van der Waals surface area contributed by atoms with Gasteiger partial charge in [-0.3, -0.25) is 9.80 Å². The number of hydrogen-bond acceptors (Lipinski definition) is 5. The number of benzene rings is 2. The van der Waals surface area contributed by atoms with Crippen LogP contribution >= 0.6 is 11.6 Å². The van der Waals surface area contributed by atoms with Gasteiger partial charge in [0.25, 0.3) is 0 Å². The third kappa shape index (κ3) is 4.25. The molecule has 140 valence electrons. The van der Waals surface area contributed by atoms with Crippen LogP contribution in [-0.2, 0) is 14.3 Å². The van der Waals surface area contributed by atoms with Crippen LogP contribution in [-0.4, -0.2) is 30.2 Å². The maximum absolute atomic E-state index is 14.0. The van der Waals surface area contributed by atoms with Crippen LogP contribution in [0, 0.1) is 5.82 Å². The molecule has 1 aliphatic heterocycles. The Bertz CT molecular complexity index is 889. The number of carbonyl (C=O) groups is 2. The van der Waals surface area contributed by atoms with Crippen LogP contribution in [0.4, 0.5) is 15.8 Å². The second-order valence-electron chi connectivity index (χ2n) is 5.78. The lowest BCUT2D eigenvalue weighted by Crippen LogP contribution is -2.39. The number of amides is 1. The maximum atomic E-state index is 14.0. The van der Waals surface area contributed by atoms with Crippen LogP contribution in [0.25, 0.3) is 0 Å². The highest BCUT2D eigenvalue weighted by molar-refractivity contribution is 6.38. The van der Waals surface area contributed by atoms with Gasteiger partial charge in [0, 0.05) is 11.4 Å². The third-order valence-corrected chi connectivity index (χ3v) is 4.17. The summed E-state index contributed by atoms with van der Waals surface area (Å²) in [5.74, 6) is -1.72. The molecule has 27 heavy (non-hydrogen) atoms. The van der Waals surface area contributed by atoms with Crippen molar-refractivity contribution in [3.05, 3.63) is 59.4 Å². The summed E-state index contributed by atoms with van der Waals surface area (Å²) >= 11 is 5.74. The van der Waals surface area contributed by atoms with Crippen LogP contribution in [0.1, 0.15) is 13.3 Å². The molecule has 3 rings (SSSR count). The lowest BCUT2D eigenvalue weighted by Gasteiger charge is -2.22. The number of halogens is 2. The monoisotopic (exact) mass is 389 g/mol. The quantitative estimate of drug-likeness (QED) is 0.793. The van der Waals surface area contributed by atoms with Crippen molar-refractivity contribution in [2.45, 2.75) is 19.4 Å². The first kappa shape index (κ1) is 18.8. The predicted molar refractivity (Wildman–Crippen MR) is 101 cm³/mol. The number of nitrogens with zero attached hydrogens (tertiary/aromatic N) is 2. The van der Waals surface area contributed by atoms with Crippen molar-refractivity contribution in [3.8, 4) is 0 Å². The third-order valence-electron chi connectivity index (χ3n) is 3.93. The molecule has 6 nitrogen and oxygen atoms in total. The molecular weight excluding hydrogens is 373 g/mol. The van der Waals surface area contributed by atoms with E-state index in [0.717, 1.165) is 6.07 Å². The lowest BCUT2D eigenvalue weighted by atomic mass is 10.1. The summed E-state index contributed by atoms with van der Waals surface area (Å²) in [6.45, 7) is 1.89. The number of ether oxygens (including phenoxy) is 1. The van der Waals surface area contributed by atoms with E-state index in [1.807, 2.05) is 6.07 Å². The van der Waals surface area contributed by atoms with E-state index in [9.17, 15) is 14.0 Å². The molecule has 0 saturated heterocycles. The van der Waals surface area contributed by atoms with Gasteiger partial charge in [-0.25, -0.2) is 9.18 Å². The first-order chi connectivity index (χ1) is 13.0. The van der Waals surface area contributed by atoms with Crippen molar-refractivity contribution in [1.82, 2.24) is 0 Å². The standard InChI is InChI=1S/C19H17ClFN3O3/c1-2-27-19(26)16-11-17(24(23-16)13-6-4-3-5-7-13)18(25)22-15-9-8-12(20)10-14(15)21/h3-10,17H,2,11H2,1H3,(H,22,25). The van der Waals surface area contributed by atoms with Gasteiger partial charge in [-0.1, -0.05) is 29.8 Å². The van der Waals surface area contributed by atoms with Crippen molar-refractivity contribution in [3.63, 3.8) is 0 Å². The largest absolute Gasteiger partial charge is 0.461 e.